The molecule has 2 amide bonds. The first-order chi connectivity index (χ1) is 15.5. The van der Waals surface area contributed by atoms with Gasteiger partial charge in [0.25, 0.3) is 11.7 Å². The lowest BCUT2D eigenvalue weighted by Gasteiger charge is -2.05. The van der Waals surface area contributed by atoms with Crippen LogP contribution in [-0.4, -0.2) is 45.4 Å². The maximum absolute atomic E-state index is 12.8. The second-order valence-electron chi connectivity index (χ2n) is 7.16. The Kier molecular flexibility index (Phi) is 4.86. The Morgan fingerprint density at radius 1 is 1.12 bits per heavy atom. The van der Waals surface area contributed by atoms with E-state index in [1.807, 2.05) is 30.3 Å². The summed E-state index contributed by atoms with van der Waals surface area (Å²) in [7, 11) is 0. The van der Waals surface area contributed by atoms with E-state index in [4.69, 9.17) is 10.2 Å². The van der Waals surface area contributed by atoms with Crippen molar-refractivity contribution in [3.8, 4) is 11.1 Å². The monoisotopic (exact) mass is 448 g/mol. The number of nitrogens with one attached hydrogen (secondary N) is 2. The highest BCUT2D eigenvalue weighted by molar-refractivity contribution is 7.20. The fourth-order valence-corrected chi connectivity index (χ4v) is 4.31. The van der Waals surface area contributed by atoms with Crippen molar-refractivity contribution < 1.29 is 18.8 Å². The van der Waals surface area contributed by atoms with Gasteiger partial charge in [-0.2, -0.15) is 0 Å². The van der Waals surface area contributed by atoms with E-state index in [0.717, 1.165) is 15.8 Å². The molecular weight excluding hydrogens is 432 g/mol. The van der Waals surface area contributed by atoms with Crippen LogP contribution in [0.3, 0.4) is 0 Å². The van der Waals surface area contributed by atoms with Crippen LogP contribution in [-0.2, 0) is 4.79 Å². The number of amides is 2. The summed E-state index contributed by atoms with van der Waals surface area (Å²) < 4.78 is 6.21. The van der Waals surface area contributed by atoms with Gasteiger partial charge in [-0.25, -0.2) is 4.98 Å². The molecule has 2 aromatic carbocycles. The first kappa shape index (κ1) is 19.8. The quantitative estimate of drug-likeness (QED) is 0.379. The van der Waals surface area contributed by atoms with Gasteiger partial charge in [0, 0.05) is 12.1 Å². The number of anilines is 1. The normalized spacial score (nSPS) is 15.6. The van der Waals surface area contributed by atoms with E-state index in [1.165, 1.54) is 11.3 Å². The molecule has 10 nitrogen and oxygen atoms in total. The molecule has 0 saturated carbocycles. The third-order valence-electron chi connectivity index (χ3n) is 5.05. The van der Waals surface area contributed by atoms with Crippen LogP contribution < -0.4 is 16.4 Å². The molecule has 0 spiro atoms. The first-order valence-corrected chi connectivity index (χ1v) is 10.5. The van der Waals surface area contributed by atoms with E-state index in [0.29, 0.717) is 24.0 Å². The summed E-state index contributed by atoms with van der Waals surface area (Å²) in [5.41, 5.74) is 8.20. The van der Waals surface area contributed by atoms with Gasteiger partial charge in [-0.1, -0.05) is 23.3 Å². The first-order valence-electron chi connectivity index (χ1n) is 9.71. The van der Waals surface area contributed by atoms with Gasteiger partial charge in [0.1, 0.15) is 6.04 Å². The molecule has 160 valence electrons. The Hall–Kier alpha value is -4.12. The second kappa shape index (κ2) is 7.85. The molecule has 1 aliphatic heterocycles. The average Bonchev–Trinajstić information content (AvgIpc) is 3.53. The zero-order valence-corrected chi connectivity index (χ0v) is 17.3. The maximum Gasteiger partial charge on any atom is 0.316 e. The van der Waals surface area contributed by atoms with Crippen molar-refractivity contribution in [2.75, 3.05) is 11.9 Å². The molecule has 11 heteroatoms. The zero-order valence-electron chi connectivity index (χ0n) is 16.5. The molecule has 4 aromatic rings. The van der Waals surface area contributed by atoms with E-state index >= 15 is 0 Å². The zero-order chi connectivity index (χ0) is 22.2. The summed E-state index contributed by atoms with van der Waals surface area (Å²) in [5.74, 6) is -1.33. The Morgan fingerprint density at radius 3 is 2.62 bits per heavy atom. The molecule has 0 aliphatic carbocycles. The van der Waals surface area contributed by atoms with Gasteiger partial charge in [-0.3, -0.25) is 14.4 Å². The minimum absolute atomic E-state index is 0.0122. The van der Waals surface area contributed by atoms with Crippen LogP contribution >= 0.6 is 11.3 Å². The van der Waals surface area contributed by atoms with Crippen molar-refractivity contribution in [3.05, 3.63) is 58.9 Å². The number of hydrogen-bond donors (Lipinski definition) is 3. The van der Waals surface area contributed by atoms with Crippen molar-refractivity contribution in [1.82, 2.24) is 20.5 Å². The van der Waals surface area contributed by atoms with Gasteiger partial charge in [-0.05, 0) is 41.8 Å². The summed E-state index contributed by atoms with van der Waals surface area (Å²) in [6.07, 6.45) is 0.593. The molecule has 5 rings (SSSR count). The third kappa shape index (κ3) is 3.69. The van der Waals surface area contributed by atoms with Gasteiger partial charge in [-0.15, -0.1) is 16.4 Å². The van der Waals surface area contributed by atoms with Gasteiger partial charge in [0.15, 0.2) is 5.01 Å². The number of benzene rings is 2. The van der Waals surface area contributed by atoms with Gasteiger partial charge >= 0.3 is 6.01 Å². The fraction of sp³-hybridized carbons (Fsp3) is 0.143. The molecular formula is C21H16N6O4S. The fourth-order valence-electron chi connectivity index (χ4n) is 3.37. The lowest BCUT2D eigenvalue weighted by Crippen LogP contribution is -2.29. The number of nitrogens with zero attached hydrogens (tertiary/aromatic N) is 3. The molecule has 32 heavy (non-hydrogen) atoms. The third-order valence-corrected chi connectivity index (χ3v) is 6.07. The Balaban J connectivity index is 1.37. The van der Waals surface area contributed by atoms with Crippen LogP contribution in [0.1, 0.15) is 32.5 Å². The number of carbonyl (C=O) groups excluding carboxylic acids is 3. The van der Waals surface area contributed by atoms with Crippen LogP contribution in [0, 0.1) is 0 Å². The van der Waals surface area contributed by atoms with Crippen molar-refractivity contribution in [2.24, 2.45) is 5.73 Å². The summed E-state index contributed by atoms with van der Waals surface area (Å²) >= 11 is 1.21. The largest absolute Gasteiger partial charge is 0.400 e. The Labute approximate surface area is 184 Å². The van der Waals surface area contributed by atoms with Crippen molar-refractivity contribution in [1.29, 1.82) is 0 Å². The molecule has 1 fully saturated rings. The topological polar surface area (TPSA) is 153 Å². The number of hydrogen-bond acceptors (Lipinski definition) is 9. The summed E-state index contributed by atoms with van der Waals surface area (Å²) in [5, 5.41) is 13.3. The van der Waals surface area contributed by atoms with Gasteiger partial charge in [0.2, 0.25) is 11.8 Å². The highest BCUT2D eigenvalue weighted by atomic mass is 32.1. The van der Waals surface area contributed by atoms with Crippen LogP contribution in [0.2, 0.25) is 0 Å². The van der Waals surface area contributed by atoms with Crippen LogP contribution in [0.5, 0.6) is 0 Å². The SMILES string of the molecule is NC(=O)c1ccc(-c2ccc3nc(C(=O)c4nnc(NC5CCNC5=O)o4)sc3c2)cc1. The number of thiazole rings is 1. The molecule has 4 N–H and O–H groups in total. The summed E-state index contributed by atoms with van der Waals surface area (Å²) in [4.78, 5) is 40.1. The highest BCUT2D eigenvalue weighted by Crippen LogP contribution is 2.29. The van der Waals surface area contributed by atoms with Crippen LogP contribution in [0.25, 0.3) is 21.3 Å². The Morgan fingerprint density at radius 2 is 1.91 bits per heavy atom. The van der Waals surface area contributed by atoms with E-state index in [-0.39, 0.29) is 22.8 Å². The van der Waals surface area contributed by atoms with Crippen LogP contribution in [0.15, 0.2) is 46.9 Å². The molecule has 1 saturated heterocycles. The van der Waals surface area contributed by atoms with Crippen molar-refractivity contribution >= 4 is 45.2 Å². The molecule has 0 radical (unpaired) electrons. The number of aromatic nitrogens is 3. The lowest BCUT2D eigenvalue weighted by atomic mass is 10.0. The number of primary amides is 1. The number of ketones is 1. The molecule has 2 aromatic heterocycles. The number of carbonyl (C=O) groups is 3. The number of fused-ring (bicyclic) bond motifs is 1. The smallest absolute Gasteiger partial charge is 0.316 e. The van der Waals surface area contributed by atoms with Gasteiger partial charge in [0.05, 0.1) is 10.2 Å². The summed E-state index contributed by atoms with van der Waals surface area (Å²) in [6.45, 7) is 0.569. The molecule has 1 unspecified atom stereocenters. The lowest BCUT2D eigenvalue weighted by molar-refractivity contribution is -0.119. The van der Waals surface area contributed by atoms with E-state index in [1.54, 1.807) is 12.1 Å². The predicted octanol–water partition coefficient (Wildman–Crippen LogP) is 1.98. The van der Waals surface area contributed by atoms with E-state index in [9.17, 15) is 14.4 Å². The minimum Gasteiger partial charge on any atom is -0.400 e. The van der Waals surface area contributed by atoms with E-state index in [2.05, 4.69) is 25.8 Å². The highest BCUT2D eigenvalue weighted by Gasteiger charge is 2.27. The molecule has 1 aliphatic rings. The Bertz CT molecular complexity index is 1360. The number of nitrogens with two attached hydrogens (primary N) is 1. The minimum atomic E-state index is -0.491. The molecule has 3 heterocycles. The molecule has 0 bridgehead atoms. The second-order valence-corrected chi connectivity index (χ2v) is 8.19. The maximum atomic E-state index is 12.8. The average molecular weight is 448 g/mol. The molecule has 1 atom stereocenters. The predicted molar refractivity (Wildman–Crippen MR) is 116 cm³/mol. The van der Waals surface area contributed by atoms with Crippen molar-refractivity contribution in [3.63, 3.8) is 0 Å². The summed E-state index contributed by atoms with van der Waals surface area (Å²) in [6, 6.07) is 12.1. The van der Waals surface area contributed by atoms with Crippen molar-refractivity contribution in [2.45, 2.75) is 12.5 Å². The van der Waals surface area contributed by atoms with Crippen LogP contribution in [0.4, 0.5) is 6.01 Å². The van der Waals surface area contributed by atoms with E-state index < -0.39 is 17.7 Å². The number of rotatable bonds is 6. The van der Waals surface area contributed by atoms with Gasteiger partial charge < -0.3 is 20.8 Å². The standard InChI is InChI=1S/C21H16N6O4S/c22-17(29)11-3-1-10(2-4-11)12-5-6-13-15(9-12)32-20(24-13)16(28)19-26-27-21(31-19)25-14-7-8-23-18(14)30/h1-6,9,14H,7-8H2,(H2,22,29)(H,23,30)(H,25,27).